The van der Waals surface area contributed by atoms with Gasteiger partial charge in [-0.05, 0) is 93.5 Å². The van der Waals surface area contributed by atoms with Crippen LogP contribution < -0.4 is 4.90 Å². The first-order valence-corrected chi connectivity index (χ1v) is 17.2. The highest BCUT2D eigenvalue weighted by molar-refractivity contribution is 8.27. The molecule has 3 aliphatic rings. The van der Waals surface area contributed by atoms with Crippen molar-refractivity contribution in [2.24, 2.45) is 5.92 Å². The van der Waals surface area contributed by atoms with Gasteiger partial charge in [0, 0.05) is 53.1 Å². The number of piperidine rings is 1. The van der Waals surface area contributed by atoms with Crippen LogP contribution in [0.5, 0.6) is 0 Å². The SMILES string of the molecule is C=C1CCCCN1c1cccc(Cc2nc(C)c(-c3cc4c(c(S(=C)(=C)C)c3)C(=C)N(C(C)C3CC3)C4)s2)n1. The van der Waals surface area contributed by atoms with Crippen LogP contribution in [0, 0.1) is 12.8 Å². The fraction of sp³-hybridized carbons (Fsp3) is 0.394. The highest BCUT2D eigenvalue weighted by Gasteiger charge is 2.37. The van der Waals surface area contributed by atoms with Gasteiger partial charge in [-0.3, -0.25) is 0 Å². The van der Waals surface area contributed by atoms with Gasteiger partial charge in [-0.25, -0.2) is 9.97 Å². The van der Waals surface area contributed by atoms with E-state index in [4.69, 9.17) is 9.97 Å². The van der Waals surface area contributed by atoms with E-state index in [9.17, 15) is 0 Å². The Balaban J connectivity index is 1.31. The molecule has 1 aromatic carbocycles. The molecule has 1 unspecified atom stereocenters. The summed E-state index contributed by atoms with van der Waals surface area (Å²) in [6.07, 6.45) is 9.04. The third kappa shape index (κ3) is 5.09. The largest absolute Gasteiger partial charge is 0.364 e. The molecule has 0 N–H and O–H groups in total. The van der Waals surface area contributed by atoms with Crippen LogP contribution in [0.3, 0.4) is 0 Å². The number of pyridine rings is 1. The molecule has 1 saturated carbocycles. The molecular weight excluding hydrogens is 517 g/mol. The van der Waals surface area contributed by atoms with Crippen molar-refractivity contribution >= 4 is 43.8 Å². The molecule has 2 fully saturated rings. The van der Waals surface area contributed by atoms with Crippen molar-refractivity contribution in [2.45, 2.75) is 69.9 Å². The monoisotopic (exact) mass is 556 g/mol. The van der Waals surface area contributed by atoms with Gasteiger partial charge in [0.05, 0.1) is 15.6 Å². The molecule has 6 rings (SSSR count). The Kier molecular flexibility index (Phi) is 6.75. The summed E-state index contributed by atoms with van der Waals surface area (Å²) in [7, 11) is -1.44. The molecular formula is C33H40N4S2. The van der Waals surface area contributed by atoms with Crippen LogP contribution >= 0.6 is 20.5 Å². The lowest BCUT2D eigenvalue weighted by atomic mass is 10.0. The minimum Gasteiger partial charge on any atom is -0.364 e. The van der Waals surface area contributed by atoms with Crippen molar-refractivity contribution in [3.8, 4) is 10.4 Å². The maximum Gasteiger partial charge on any atom is 0.132 e. The smallest absolute Gasteiger partial charge is 0.132 e. The molecule has 0 spiro atoms. The molecule has 1 saturated heterocycles. The Hall–Kier alpha value is -2.83. The third-order valence-corrected chi connectivity index (χ3v) is 11.1. The predicted octanol–water partition coefficient (Wildman–Crippen LogP) is 7.85. The number of rotatable bonds is 7. The van der Waals surface area contributed by atoms with Crippen LogP contribution in [-0.2, 0) is 13.0 Å². The Labute approximate surface area is 238 Å². The van der Waals surface area contributed by atoms with Crippen molar-refractivity contribution in [1.82, 2.24) is 14.9 Å². The number of anilines is 1. The number of allylic oxidation sites excluding steroid dienone is 1. The van der Waals surface area contributed by atoms with E-state index < -0.39 is 9.21 Å². The van der Waals surface area contributed by atoms with Crippen molar-refractivity contribution in [3.63, 3.8) is 0 Å². The van der Waals surface area contributed by atoms with E-state index in [1.807, 2.05) is 0 Å². The number of aromatic nitrogens is 2. The summed E-state index contributed by atoms with van der Waals surface area (Å²) in [5.74, 6) is 10.8. The molecule has 0 radical (unpaired) electrons. The fourth-order valence-corrected chi connectivity index (χ4v) is 8.35. The molecule has 3 aromatic rings. The topological polar surface area (TPSA) is 32.3 Å². The first kappa shape index (κ1) is 26.4. The van der Waals surface area contributed by atoms with E-state index in [1.165, 1.54) is 57.8 Å². The minimum atomic E-state index is -1.44. The van der Waals surface area contributed by atoms with Gasteiger partial charge in [-0.2, -0.15) is 9.21 Å². The maximum absolute atomic E-state index is 5.01. The van der Waals surface area contributed by atoms with Gasteiger partial charge >= 0.3 is 0 Å². The Bertz CT molecular complexity index is 1570. The highest BCUT2D eigenvalue weighted by atomic mass is 32.2. The van der Waals surface area contributed by atoms with Crippen LogP contribution in [0.2, 0.25) is 0 Å². The van der Waals surface area contributed by atoms with Gasteiger partial charge in [0.2, 0.25) is 0 Å². The molecule has 0 amide bonds. The van der Waals surface area contributed by atoms with E-state index in [1.54, 1.807) is 11.3 Å². The second kappa shape index (κ2) is 9.97. The summed E-state index contributed by atoms with van der Waals surface area (Å²) in [6, 6.07) is 11.6. The highest BCUT2D eigenvalue weighted by Crippen LogP contribution is 2.48. The van der Waals surface area contributed by atoms with E-state index in [2.05, 4.69) is 85.1 Å². The van der Waals surface area contributed by atoms with Crippen LogP contribution in [0.4, 0.5) is 5.82 Å². The molecule has 1 atom stereocenters. The van der Waals surface area contributed by atoms with Crippen molar-refractivity contribution in [1.29, 1.82) is 0 Å². The van der Waals surface area contributed by atoms with Crippen molar-refractivity contribution in [2.75, 3.05) is 17.7 Å². The lowest BCUT2D eigenvalue weighted by Crippen LogP contribution is -2.28. The lowest BCUT2D eigenvalue weighted by Gasteiger charge is -2.30. The van der Waals surface area contributed by atoms with Crippen molar-refractivity contribution in [3.05, 3.63) is 76.7 Å². The fourth-order valence-electron chi connectivity index (χ4n) is 6.13. The molecule has 4 heterocycles. The first-order valence-electron chi connectivity index (χ1n) is 14.1. The first-order chi connectivity index (χ1) is 18.6. The summed E-state index contributed by atoms with van der Waals surface area (Å²) in [6.45, 7) is 15.2. The van der Waals surface area contributed by atoms with E-state index in [-0.39, 0.29) is 0 Å². The van der Waals surface area contributed by atoms with Crippen LogP contribution in [0.15, 0.2) is 54.1 Å². The van der Waals surface area contributed by atoms with Gasteiger partial charge in [0.1, 0.15) is 5.82 Å². The molecule has 0 bridgehead atoms. The van der Waals surface area contributed by atoms with Gasteiger partial charge in [0.25, 0.3) is 0 Å². The molecule has 2 aromatic heterocycles. The van der Waals surface area contributed by atoms with Gasteiger partial charge in [-0.15, -0.1) is 11.3 Å². The van der Waals surface area contributed by atoms with Crippen LogP contribution in [0.1, 0.15) is 66.6 Å². The van der Waals surface area contributed by atoms with E-state index >= 15 is 0 Å². The number of hydrogen-bond acceptors (Lipinski definition) is 5. The van der Waals surface area contributed by atoms with Gasteiger partial charge < -0.3 is 9.80 Å². The van der Waals surface area contributed by atoms with E-state index in [0.717, 1.165) is 59.8 Å². The zero-order chi connectivity index (χ0) is 27.5. The normalized spacial score (nSPS) is 18.5. The summed E-state index contributed by atoms with van der Waals surface area (Å²) < 4.78 is 0. The number of nitrogens with zero attached hydrogens (tertiary/aromatic N) is 4. The summed E-state index contributed by atoms with van der Waals surface area (Å²) >= 11 is 1.79. The summed E-state index contributed by atoms with van der Waals surface area (Å²) in [5, 5.41) is 1.10. The number of thiazole rings is 1. The lowest BCUT2D eigenvalue weighted by molar-refractivity contribution is 0.290. The van der Waals surface area contributed by atoms with E-state index in [0.29, 0.717) is 6.04 Å². The van der Waals surface area contributed by atoms with Crippen LogP contribution in [0.25, 0.3) is 16.1 Å². The van der Waals surface area contributed by atoms with Gasteiger partial charge in [-0.1, -0.05) is 31.0 Å². The van der Waals surface area contributed by atoms with Crippen LogP contribution in [-0.4, -0.2) is 45.5 Å². The molecule has 1 aliphatic carbocycles. The molecule has 39 heavy (non-hydrogen) atoms. The molecule has 2 aliphatic heterocycles. The Morgan fingerprint density at radius 3 is 2.64 bits per heavy atom. The number of benzene rings is 1. The quantitative estimate of drug-likeness (QED) is 0.277. The molecule has 204 valence electrons. The summed E-state index contributed by atoms with van der Waals surface area (Å²) in [4.78, 5) is 17.3. The zero-order valence-electron chi connectivity index (χ0n) is 23.6. The Morgan fingerprint density at radius 2 is 1.92 bits per heavy atom. The third-order valence-electron chi connectivity index (χ3n) is 8.47. The number of aryl methyl sites for hydroxylation is 1. The minimum absolute atomic E-state index is 0.527. The summed E-state index contributed by atoms with van der Waals surface area (Å²) in [5.41, 5.74) is 8.33. The number of hydrogen-bond donors (Lipinski definition) is 0. The second-order valence-corrected chi connectivity index (χ2v) is 15.9. The molecule has 4 nitrogen and oxygen atoms in total. The second-order valence-electron chi connectivity index (χ2n) is 11.8. The zero-order valence-corrected chi connectivity index (χ0v) is 25.3. The maximum atomic E-state index is 5.01. The predicted molar refractivity (Wildman–Crippen MR) is 172 cm³/mol. The number of fused-ring (bicyclic) bond motifs is 1. The standard InChI is InChI=1S/C33H40N4S2/c1-21-11-8-9-16-36(21)30-13-10-12-28(35-30)19-31-34-22(2)33(38-31)26-17-27-20-37(23(3)25-14-15-25)24(4)32(27)29(18-26)39(5,6)7/h10,12-13,17-18,23,25H,1,4-6,8-9,11,14-16,19-20H2,2-3,7H3. The molecule has 6 heteroatoms. The van der Waals surface area contributed by atoms with Crippen molar-refractivity contribution < 1.29 is 0 Å². The van der Waals surface area contributed by atoms with Gasteiger partial charge in [0.15, 0.2) is 0 Å². The average molecular weight is 557 g/mol. The Morgan fingerprint density at radius 1 is 1.13 bits per heavy atom. The average Bonchev–Trinajstić information content (AvgIpc) is 3.61.